The highest BCUT2D eigenvalue weighted by Crippen LogP contribution is 2.37. The van der Waals surface area contributed by atoms with E-state index in [0.29, 0.717) is 12.5 Å². The Bertz CT molecular complexity index is 394. The molecule has 1 atom stereocenters. The topological polar surface area (TPSA) is 35.2 Å². The summed E-state index contributed by atoms with van der Waals surface area (Å²) in [5.41, 5.74) is 7.62. The largest absolute Gasteiger partial charge is 0.494 e. The number of nitrogens with two attached hydrogens (primary N) is 1. The minimum Gasteiger partial charge on any atom is -0.494 e. The van der Waals surface area contributed by atoms with E-state index in [0.717, 1.165) is 15.8 Å². The Kier molecular flexibility index (Phi) is 7.19. The lowest BCUT2D eigenvalue weighted by molar-refractivity contribution is 0.292. The van der Waals surface area contributed by atoms with E-state index in [1.807, 2.05) is 19.1 Å². The van der Waals surface area contributed by atoms with Crippen LogP contribution in [0.4, 0.5) is 0 Å². The second kappa shape index (κ2) is 8.13. The van der Waals surface area contributed by atoms with E-state index in [1.54, 1.807) is 0 Å². The first kappa shape index (κ1) is 16.8. The predicted molar refractivity (Wildman–Crippen MR) is 86.1 cm³/mol. The van der Waals surface area contributed by atoms with Gasteiger partial charge in [0.15, 0.2) is 0 Å². The molecular formula is C15H23BrClNO. The number of benzene rings is 1. The van der Waals surface area contributed by atoms with Crippen molar-refractivity contribution < 1.29 is 4.74 Å². The van der Waals surface area contributed by atoms with E-state index in [1.165, 1.54) is 32.1 Å². The molecule has 0 amide bonds. The lowest BCUT2D eigenvalue weighted by atomic mass is 9.81. The van der Waals surface area contributed by atoms with E-state index in [2.05, 4.69) is 22.0 Å². The van der Waals surface area contributed by atoms with Crippen LogP contribution >= 0.6 is 28.3 Å². The van der Waals surface area contributed by atoms with E-state index >= 15 is 0 Å². The quantitative estimate of drug-likeness (QED) is 0.844. The third-order valence-electron chi connectivity index (χ3n) is 3.79. The van der Waals surface area contributed by atoms with Gasteiger partial charge in [0.25, 0.3) is 0 Å². The Morgan fingerprint density at radius 1 is 1.32 bits per heavy atom. The van der Waals surface area contributed by atoms with Crippen LogP contribution in [0.3, 0.4) is 0 Å². The van der Waals surface area contributed by atoms with Gasteiger partial charge in [-0.3, -0.25) is 0 Å². The Hall–Kier alpha value is -0.250. The summed E-state index contributed by atoms with van der Waals surface area (Å²) in [6, 6.07) is 6.25. The van der Waals surface area contributed by atoms with Crippen molar-refractivity contribution in [3.63, 3.8) is 0 Å². The predicted octanol–water partition coefficient (Wildman–Crippen LogP) is 4.85. The molecule has 0 aliphatic heterocycles. The van der Waals surface area contributed by atoms with Crippen molar-refractivity contribution in [1.82, 2.24) is 0 Å². The van der Waals surface area contributed by atoms with Gasteiger partial charge in [-0.2, -0.15) is 0 Å². The molecule has 4 heteroatoms. The van der Waals surface area contributed by atoms with Crippen molar-refractivity contribution in [2.75, 3.05) is 6.61 Å². The molecule has 0 radical (unpaired) electrons. The maximum atomic E-state index is 6.47. The van der Waals surface area contributed by atoms with Crippen LogP contribution in [0.2, 0.25) is 0 Å². The Balaban J connectivity index is 0.00000180. The summed E-state index contributed by atoms with van der Waals surface area (Å²) in [5, 5.41) is 0. The molecule has 19 heavy (non-hydrogen) atoms. The monoisotopic (exact) mass is 347 g/mol. The highest BCUT2D eigenvalue weighted by Gasteiger charge is 2.24. The van der Waals surface area contributed by atoms with Crippen molar-refractivity contribution in [2.45, 2.75) is 45.1 Å². The zero-order chi connectivity index (χ0) is 13.0. The highest BCUT2D eigenvalue weighted by atomic mass is 79.9. The number of ether oxygens (including phenoxy) is 1. The summed E-state index contributed by atoms with van der Waals surface area (Å²) in [6.45, 7) is 2.70. The molecule has 1 aliphatic carbocycles. The molecule has 1 saturated carbocycles. The van der Waals surface area contributed by atoms with Gasteiger partial charge >= 0.3 is 0 Å². The van der Waals surface area contributed by atoms with Crippen LogP contribution in [0.1, 0.15) is 50.6 Å². The second-order valence-corrected chi connectivity index (χ2v) is 5.95. The van der Waals surface area contributed by atoms with Gasteiger partial charge in [-0.25, -0.2) is 0 Å². The van der Waals surface area contributed by atoms with E-state index < -0.39 is 0 Å². The van der Waals surface area contributed by atoms with Crippen molar-refractivity contribution in [2.24, 2.45) is 11.7 Å². The summed E-state index contributed by atoms with van der Waals surface area (Å²) in [5.74, 6) is 1.55. The Morgan fingerprint density at radius 2 is 2.00 bits per heavy atom. The second-order valence-electron chi connectivity index (χ2n) is 5.04. The molecule has 1 aromatic rings. The van der Waals surface area contributed by atoms with Gasteiger partial charge in [0.05, 0.1) is 6.61 Å². The number of halogens is 2. The number of hydrogen-bond donors (Lipinski definition) is 1. The molecule has 2 rings (SSSR count). The minimum atomic E-state index is 0. The van der Waals surface area contributed by atoms with Gasteiger partial charge in [-0.15, -0.1) is 12.4 Å². The van der Waals surface area contributed by atoms with Crippen LogP contribution in [0.25, 0.3) is 0 Å². The van der Waals surface area contributed by atoms with Gasteiger partial charge in [0.1, 0.15) is 5.75 Å². The summed E-state index contributed by atoms with van der Waals surface area (Å²) in [7, 11) is 0. The average Bonchev–Trinajstić information content (AvgIpc) is 2.41. The molecule has 1 fully saturated rings. The summed E-state index contributed by atoms with van der Waals surface area (Å²) >= 11 is 3.53. The summed E-state index contributed by atoms with van der Waals surface area (Å²) in [4.78, 5) is 0. The zero-order valence-corrected chi connectivity index (χ0v) is 13.8. The molecule has 108 valence electrons. The molecule has 0 saturated heterocycles. The van der Waals surface area contributed by atoms with Crippen LogP contribution in [0, 0.1) is 5.92 Å². The van der Waals surface area contributed by atoms with E-state index in [4.69, 9.17) is 10.5 Å². The van der Waals surface area contributed by atoms with Crippen molar-refractivity contribution in [1.29, 1.82) is 0 Å². The lowest BCUT2D eigenvalue weighted by Gasteiger charge is -2.29. The van der Waals surface area contributed by atoms with Crippen LogP contribution < -0.4 is 10.5 Å². The molecule has 2 nitrogen and oxygen atoms in total. The van der Waals surface area contributed by atoms with Gasteiger partial charge in [0, 0.05) is 16.1 Å². The number of rotatable bonds is 4. The van der Waals surface area contributed by atoms with Crippen molar-refractivity contribution in [3.05, 3.63) is 28.2 Å². The minimum absolute atomic E-state index is 0. The Labute approximate surface area is 130 Å². The molecule has 0 aromatic heterocycles. The molecule has 2 N–H and O–H groups in total. The van der Waals surface area contributed by atoms with Gasteiger partial charge in [-0.05, 0) is 43.9 Å². The molecule has 0 bridgehead atoms. The first-order chi connectivity index (χ1) is 8.72. The first-order valence-electron chi connectivity index (χ1n) is 6.90. The fourth-order valence-corrected chi connectivity index (χ4v) is 3.19. The Morgan fingerprint density at radius 3 is 2.63 bits per heavy atom. The summed E-state index contributed by atoms with van der Waals surface area (Å²) < 4.78 is 6.78. The summed E-state index contributed by atoms with van der Waals surface area (Å²) in [6.07, 6.45) is 6.49. The van der Waals surface area contributed by atoms with Crippen LogP contribution in [0.5, 0.6) is 5.75 Å². The van der Waals surface area contributed by atoms with Gasteiger partial charge in [0.2, 0.25) is 0 Å². The normalized spacial score (nSPS) is 17.6. The van der Waals surface area contributed by atoms with Crippen molar-refractivity contribution in [3.8, 4) is 5.75 Å². The molecule has 0 unspecified atom stereocenters. The molecule has 0 spiro atoms. The number of hydrogen-bond acceptors (Lipinski definition) is 2. The third-order valence-corrected chi connectivity index (χ3v) is 4.28. The van der Waals surface area contributed by atoms with Crippen LogP contribution in [-0.2, 0) is 0 Å². The fourth-order valence-electron chi connectivity index (χ4n) is 2.81. The van der Waals surface area contributed by atoms with Crippen molar-refractivity contribution >= 4 is 28.3 Å². The van der Waals surface area contributed by atoms with Crippen LogP contribution in [0.15, 0.2) is 22.7 Å². The third kappa shape index (κ3) is 4.37. The SMILES string of the molecule is CCOc1ccc(Br)cc1[C@@H](N)C1CCCCC1.Cl. The lowest BCUT2D eigenvalue weighted by Crippen LogP contribution is -2.24. The van der Waals surface area contributed by atoms with Crippen LogP contribution in [-0.4, -0.2) is 6.61 Å². The maximum absolute atomic E-state index is 6.47. The van der Waals surface area contributed by atoms with Gasteiger partial charge < -0.3 is 10.5 Å². The van der Waals surface area contributed by atoms with E-state index in [-0.39, 0.29) is 18.4 Å². The average molecular weight is 349 g/mol. The first-order valence-corrected chi connectivity index (χ1v) is 7.69. The molecule has 0 heterocycles. The van der Waals surface area contributed by atoms with Gasteiger partial charge in [-0.1, -0.05) is 35.2 Å². The smallest absolute Gasteiger partial charge is 0.124 e. The molecule has 1 aliphatic rings. The maximum Gasteiger partial charge on any atom is 0.124 e. The highest BCUT2D eigenvalue weighted by molar-refractivity contribution is 9.10. The van der Waals surface area contributed by atoms with E-state index in [9.17, 15) is 0 Å². The molecular weight excluding hydrogens is 326 g/mol. The fraction of sp³-hybridized carbons (Fsp3) is 0.600. The zero-order valence-electron chi connectivity index (χ0n) is 11.4. The molecule has 1 aromatic carbocycles. The standard InChI is InChI=1S/C15H22BrNO.ClH/c1-2-18-14-9-8-12(16)10-13(14)15(17)11-6-4-3-5-7-11;/h8-11,15H,2-7,17H2,1H3;1H/t15-;/m0./s1.